The van der Waals surface area contributed by atoms with Crippen LogP contribution < -0.4 is 4.74 Å². The summed E-state index contributed by atoms with van der Waals surface area (Å²) < 4.78 is 20.7. The Morgan fingerprint density at radius 3 is 2.50 bits per heavy atom. The van der Waals surface area contributed by atoms with E-state index in [1.54, 1.807) is 36.4 Å². The molecule has 7 heteroatoms. The first kappa shape index (κ1) is 25.4. The maximum atomic E-state index is 14.8. The average Bonchev–Trinajstić information content (AvgIpc) is 3.02. The van der Waals surface area contributed by atoms with E-state index in [0.717, 1.165) is 5.56 Å². The summed E-state index contributed by atoms with van der Waals surface area (Å²) in [7, 11) is 3.83. The Morgan fingerprint density at radius 2 is 1.88 bits per heavy atom. The Labute approximate surface area is 200 Å². The number of amides is 1. The van der Waals surface area contributed by atoms with Crippen molar-refractivity contribution in [3.63, 3.8) is 0 Å². The fourth-order valence-corrected chi connectivity index (χ4v) is 4.06. The van der Waals surface area contributed by atoms with Crippen molar-refractivity contribution in [3.8, 4) is 5.75 Å². The lowest BCUT2D eigenvalue weighted by Gasteiger charge is -2.26. The summed E-state index contributed by atoms with van der Waals surface area (Å²) in [5, 5.41) is 11.2. The first-order chi connectivity index (χ1) is 16.1. The normalized spacial score (nSPS) is 17.8. The molecular weight excluding hydrogens is 435 g/mol. The summed E-state index contributed by atoms with van der Waals surface area (Å²) in [6.45, 7) is 7.47. The largest absolute Gasteiger partial charge is 0.507 e. The zero-order valence-corrected chi connectivity index (χ0v) is 20.5. The van der Waals surface area contributed by atoms with E-state index in [9.17, 15) is 19.1 Å². The summed E-state index contributed by atoms with van der Waals surface area (Å²) in [5.74, 6) is -1.36. The van der Waals surface area contributed by atoms with Crippen LogP contribution in [0.3, 0.4) is 0 Å². The number of aliphatic hydroxyl groups excluding tert-OH is 1. The van der Waals surface area contributed by atoms with Crippen LogP contribution in [0.4, 0.5) is 4.39 Å². The van der Waals surface area contributed by atoms with E-state index in [2.05, 4.69) is 13.8 Å². The van der Waals surface area contributed by atoms with Crippen molar-refractivity contribution in [1.29, 1.82) is 0 Å². The molecule has 2 aromatic rings. The van der Waals surface area contributed by atoms with Gasteiger partial charge in [0, 0.05) is 17.7 Å². The molecule has 3 rings (SSSR count). The van der Waals surface area contributed by atoms with Gasteiger partial charge in [-0.3, -0.25) is 9.59 Å². The minimum absolute atomic E-state index is 0.102. The van der Waals surface area contributed by atoms with Crippen molar-refractivity contribution in [1.82, 2.24) is 9.80 Å². The quantitative estimate of drug-likeness (QED) is 0.332. The predicted octanol–water partition coefficient (Wildman–Crippen LogP) is 4.54. The molecule has 0 aliphatic carbocycles. The van der Waals surface area contributed by atoms with E-state index in [-0.39, 0.29) is 23.4 Å². The van der Waals surface area contributed by atoms with Gasteiger partial charge in [0.25, 0.3) is 11.7 Å². The summed E-state index contributed by atoms with van der Waals surface area (Å²) in [6.07, 6.45) is 0.603. The third kappa shape index (κ3) is 5.47. The molecular formula is C27H33FN2O4. The van der Waals surface area contributed by atoms with Gasteiger partial charge in [0.1, 0.15) is 17.3 Å². The molecule has 0 aromatic heterocycles. The Kier molecular flexibility index (Phi) is 8.10. The predicted molar refractivity (Wildman–Crippen MR) is 130 cm³/mol. The number of aliphatic hydroxyl groups is 1. The van der Waals surface area contributed by atoms with E-state index in [1.807, 2.05) is 25.9 Å². The Balaban J connectivity index is 2.06. The third-order valence-electron chi connectivity index (χ3n) is 5.76. The Bertz CT molecular complexity index is 1090. The number of ketones is 1. The van der Waals surface area contributed by atoms with Crippen LogP contribution in [0, 0.1) is 18.7 Å². The number of halogens is 1. The van der Waals surface area contributed by atoms with E-state index < -0.39 is 23.5 Å². The smallest absolute Gasteiger partial charge is 0.295 e. The zero-order valence-electron chi connectivity index (χ0n) is 20.5. The molecule has 1 aliphatic heterocycles. The molecule has 1 atom stereocenters. The van der Waals surface area contributed by atoms with E-state index in [1.165, 1.54) is 11.0 Å². The van der Waals surface area contributed by atoms with Gasteiger partial charge in [0.05, 0.1) is 18.2 Å². The van der Waals surface area contributed by atoms with Crippen LogP contribution in [-0.2, 0) is 9.59 Å². The van der Waals surface area contributed by atoms with E-state index in [4.69, 9.17) is 4.74 Å². The molecule has 1 amide bonds. The van der Waals surface area contributed by atoms with E-state index >= 15 is 0 Å². The van der Waals surface area contributed by atoms with Crippen LogP contribution in [0.5, 0.6) is 5.75 Å². The lowest BCUT2D eigenvalue weighted by molar-refractivity contribution is -0.140. The highest BCUT2D eigenvalue weighted by Crippen LogP contribution is 2.40. The lowest BCUT2D eigenvalue weighted by atomic mass is 9.94. The molecule has 1 unspecified atom stereocenters. The minimum Gasteiger partial charge on any atom is -0.507 e. The van der Waals surface area contributed by atoms with Gasteiger partial charge >= 0.3 is 0 Å². The van der Waals surface area contributed by atoms with Gasteiger partial charge < -0.3 is 19.6 Å². The number of aryl methyl sites for hydroxylation is 1. The first-order valence-corrected chi connectivity index (χ1v) is 11.5. The molecule has 34 heavy (non-hydrogen) atoms. The molecule has 1 fully saturated rings. The second-order valence-electron chi connectivity index (χ2n) is 9.36. The number of ether oxygens (including phenoxy) is 1. The van der Waals surface area contributed by atoms with Crippen LogP contribution in [0.15, 0.2) is 48.0 Å². The molecule has 0 radical (unpaired) electrons. The van der Waals surface area contributed by atoms with Gasteiger partial charge in [0.2, 0.25) is 0 Å². The number of benzene rings is 2. The number of hydrogen-bond donors (Lipinski definition) is 1. The highest BCUT2D eigenvalue weighted by atomic mass is 19.1. The van der Waals surface area contributed by atoms with Crippen LogP contribution in [0.1, 0.15) is 43.0 Å². The van der Waals surface area contributed by atoms with Crippen LogP contribution in [0.25, 0.3) is 5.76 Å². The number of nitrogens with zero attached hydrogens (tertiary/aromatic N) is 2. The van der Waals surface area contributed by atoms with Gasteiger partial charge in [-0.15, -0.1) is 0 Å². The molecule has 0 saturated carbocycles. The Morgan fingerprint density at radius 1 is 1.18 bits per heavy atom. The van der Waals surface area contributed by atoms with Gasteiger partial charge in [0.15, 0.2) is 0 Å². The number of Topliss-reactive ketones (excluding diaryl/α,β-unsaturated/α-hetero) is 1. The highest BCUT2D eigenvalue weighted by Gasteiger charge is 2.46. The standard InChI is InChI=1S/C27H33FN2O4/c1-17(2)16-34-22-12-11-19(15-18(22)3)25(31)23-24(20-9-6-7-10-21(20)28)30(27(33)26(23)32)14-8-13-29(4)5/h6-7,9-12,15,17,24,31H,8,13-14,16H2,1-5H3/b25-23+. The summed E-state index contributed by atoms with van der Waals surface area (Å²) in [6, 6.07) is 10.1. The monoisotopic (exact) mass is 468 g/mol. The fraction of sp³-hybridized carbons (Fsp3) is 0.407. The maximum absolute atomic E-state index is 14.8. The molecule has 182 valence electrons. The summed E-state index contributed by atoms with van der Waals surface area (Å²) in [4.78, 5) is 29.4. The van der Waals surface area contributed by atoms with Crippen molar-refractivity contribution in [2.24, 2.45) is 5.92 Å². The topological polar surface area (TPSA) is 70.1 Å². The second-order valence-corrected chi connectivity index (χ2v) is 9.36. The molecule has 1 saturated heterocycles. The van der Waals surface area contributed by atoms with Crippen molar-refractivity contribution in [3.05, 3.63) is 70.5 Å². The molecule has 6 nitrogen and oxygen atoms in total. The average molecular weight is 469 g/mol. The number of rotatable bonds is 9. The number of carbonyl (C=O) groups is 2. The fourth-order valence-electron chi connectivity index (χ4n) is 4.06. The lowest BCUT2D eigenvalue weighted by Crippen LogP contribution is -2.32. The van der Waals surface area contributed by atoms with Crippen molar-refractivity contribution >= 4 is 17.4 Å². The van der Waals surface area contributed by atoms with Crippen molar-refractivity contribution in [2.45, 2.75) is 33.2 Å². The number of carbonyl (C=O) groups excluding carboxylic acids is 2. The third-order valence-corrected chi connectivity index (χ3v) is 5.76. The molecule has 1 heterocycles. The number of hydrogen-bond acceptors (Lipinski definition) is 5. The van der Waals surface area contributed by atoms with Gasteiger partial charge in [-0.05, 0) is 69.7 Å². The van der Waals surface area contributed by atoms with Gasteiger partial charge in [-0.1, -0.05) is 32.0 Å². The van der Waals surface area contributed by atoms with E-state index in [0.29, 0.717) is 36.8 Å². The minimum atomic E-state index is -1.000. The Hall–Kier alpha value is -3.19. The maximum Gasteiger partial charge on any atom is 0.295 e. The van der Waals surface area contributed by atoms with Crippen molar-refractivity contribution < 1.29 is 23.8 Å². The van der Waals surface area contributed by atoms with Gasteiger partial charge in [-0.25, -0.2) is 4.39 Å². The van der Waals surface area contributed by atoms with Crippen LogP contribution >= 0.6 is 0 Å². The first-order valence-electron chi connectivity index (χ1n) is 11.5. The van der Waals surface area contributed by atoms with Crippen LogP contribution in [0.2, 0.25) is 0 Å². The SMILES string of the molecule is Cc1cc(/C(O)=C2\C(=O)C(=O)N(CCCN(C)C)C2c2ccccc2F)ccc1OCC(C)C. The molecule has 0 bridgehead atoms. The molecule has 0 spiro atoms. The summed E-state index contributed by atoms with van der Waals surface area (Å²) in [5.41, 5.74) is 1.24. The summed E-state index contributed by atoms with van der Waals surface area (Å²) >= 11 is 0. The van der Waals surface area contributed by atoms with Gasteiger partial charge in [-0.2, -0.15) is 0 Å². The molecule has 1 aliphatic rings. The van der Waals surface area contributed by atoms with Crippen LogP contribution in [-0.4, -0.2) is 60.4 Å². The second kappa shape index (κ2) is 10.8. The zero-order chi connectivity index (χ0) is 25.0. The molecule has 2 aromatic carbocycles. The number of likely N-dealkylation sites (tertiary alicyclic amines) is 1. The highest BCUT2D eigenvalue weighted by molar-refractivity contribution is 6.46. The molecule has 1 N–H and O–H groups in total. The van der Waals surface area contributed by atoms with Crippen molar-refractivity contribution in [2.75, 3.05) is 33.8 Å².